The molecule has 1 atom stereocenters. The molecule has 0 bridgehead atoms. The van der Waals surface area contributed by atoms with Gasteiger partial charge in [0.2, 0.25) is 0 Å². The van der Waals surface area contributed by atoms with Gasteiger partial charge in [0.15, 0.2) is 0 Å². The third-order valence-corrected chi connectivity index (χ3v) is 4.30. The largest absolute Gasteiger partial charge is 0.369 e. The summed E-state index contributed by atoms with van der Waals surface area (Å²) < 4.78 is 5.91. The standard InChI is InChI=1S/C15H20N4OS/c1-18(2)14-5-3-4-12(17-14)13-10-19(7-8-20-13)11-15-16-6-9-21-15/h3-6,9,13H,7-8,10-11H2,1-2H3/t13-/m0/s1. The highest BCUT2D eigenvalue weighted by Gasteiger charge is 2.23. The van der Waals surface area contributed by atoms with Crippen LogP contribution in [0.3, 0.4) is 0 Å². The Kier molecular flexibility index (Phi) is 4.48. The van der Waals surface area contributed by atoms with Crippen LogP contribution < -0.4 is 4.90 Å². The number of hydrogen-bond acceptors (Lipinski definition) is 6. The lowest BCUT2D eigenvalue weighted by Crippen LogP contribution is -2.38. The number of morpholine rings is 1. The van der Waals surface area contributed by atoms with E-state index in [4.69, 9.17) is 4.74 Å². The van der Waals surface area contributed by atoms with Crippen molar-refractivity contribution in [2.75, 3.05) is 38.7 Å². The predicted octanol–water partition coefficient (Wildman–Crippen LogP) is 2.18. The fourth-order valence-corrected chi connectivity index (χ4v) is 3.07. The molecule has 2 aromatic heterocycles. The second kappa shape index (κ2) is 6.51. The summed E-state index contributed by atoms with van der Waals surface area (Å²) in [7, 11) is 4.01. The van der Waals surface area contributed by atoms with E-state index in [0.29, 0.717) is 0 Å². The Morgan fingerprint density at radius 1 is 1.43 bits per heavy atom. The van der Waals surface area contributed by atoms with E-state index in [1.807, 2.05) is 48.8 Å². The minimum absolute atomic E-state index is 0.0404. The van der Waals surface area contributed by atoms with Gasteiger partial charge in [0.25, 0.3) is 0 Å². The second-order valence-corrected chi connectivity index (χ2v) is 6.31. The summed E-state index contributed by atoms with van der Waals surface area (Å²) in [6.45, 7) is 3.45. The molecule has 112 valence electrons. The van der Waals surface area contributed by atoms with Gasteiger partial charge in [-0.3, -0.25) is 4.90 Å². The minimum Gasteiger partial charge on any atom is -0.369 e. The Morgan fingerprint density at radius 2 is 2.33 bits per heavy atom. The van der Waals surface area contributed by atoms with Gasteiger partial charge in [0.05, 0.1) is 18.8 Å². The fourth-order valence-electron chi connectivity index (χ4n) is 2.42. The fraction of sp³-hybridized carbons (Fsp3) is 0.467. The number of aromatic nitrogens is 2. The third kappa shape index (κ3) is 3.58. The van der Waals surface area contributed by atoms with Crippen LogP contribution in [0.4, 0.5) is 5.82 Å². The molecule has 0 aliphatic carbocycles. The van der Waals surface area contributed by atoms with Crippen LogP contribution >= 0.6 is 11.3 Å². The first-order chi connectivity index (χ1) is 10.2. The van der Waals surface area contributed by atoms with Crippen LogP contribution in [0.25, 0.3) is 0 Å². The zero-order valence-corrected chi connectivity index (χ0v) is 13.2. The quantitative estimate of drug-likeness (QED) is 0.866. The van der Waals surface area contributed by atoms with Gasteiger partial charge in [-0.25, -0.2) is 9.97 Å². The number of ether oxygens (including phenoxy) is 1. The van der Waals surface area contributed by atoms with Crippen LogP contribution in [0.1, 0.15) is 16.8 Å². The highest BCUT2D eigenvalue weighted by atomic mass is 32.1. The van der Waals surface area contributed by atoms with Gasteiger partial charge in [0.1, 0.15) is 16.9 Å². The van der Waals surface area contributed by atoms with Crippen molar-refractivity contribution in [1.29, 1.82) is 0 Å². The van der Waals surface area contributed by atoms with E-state index in [9.17, 15) is 0 Å². The molecule has 0 aromatic carbocycles. The van der Waals surface area contributed by atoms with Crippen LogP contribution in [0.5, 0.6) is 0 Å². The number of anilines is 1. The average Bonchev–Trinajstić information content (AvgIpc) is 3.00. The zero-order chi connectivity index (χ0) is 14.7. The Labute approximate surface area is 129 Å². The van der Waals surface area contributed by atoms with Crippen molar-refractivity contribution in [2.24, 2.45) is 0 Å². The van der Waals surface area contributed by atoms with Gasteiger partial charge >= 0.3 is 0 Å². The highest BCUT2D eigenvalue weighted by Crippen LogP contribution is 2.23. The molecular formula is C15H20N4OS. The zero-order valence-electron chi connectivity index (χ0n) is 12.4. The Bertz CT molecular complexity index is 573. The van der Waals surface area contributed by atoms with Crippen molar-refractivity contribution >= 4 is 17.2 Å². The van der Waals surface area contributed by atoms with E-state index in [1.54, 1.807) is 11.3 Å². The molecule has 0 spiro atoms. The molecule has 6 heteroatoms. The molecule has 1 fully saturated rings. The van der Waals surface area contributed by atoms with Crippen LogP contribution in [0, 0.1) is 0 Å². The van der Waals surface area contributed by atoms with E-state index in [1.165, 1.54) is 0 Å². The molecular weight excluding hydrogens is 284 g/mol. The van der Waals surface area contributed by atoms with Gasteiger partial charge in [-0.1, -0.05) is 6.07 Å². The van der Waals surface area contributed by atoms with Gasteiger partial charge in [0, 0.05) is 38.8 Å². The number of thiazole rings is 1. The smallest absolute Gasteiger partial charge is 0.128 e. The first kappa shape index (κ1) is 14.4. The number of nitrogens with zero attached hydrogens (tertiary/aromatic N) is 4. The summed E-state index contributed by atoms with van der Waals surface area (Å²) in [5, 5.41) is 3.18. The molecule has 1 aliphatic heterocycles. The third-order valence-electron chi connectivity index (χ3n) is 3.54. The van der Waals surface area contributed by atoms with Crippen molar-refractivity contribution in [3.63, 3.8) is 0 Å². The van der Waals surface area contributed by atoms with Crippen molar-refractivity contribution in [1.82, 2.24) is 14.9 Å². The maximum absolute atomic E-state index is 5.91. The molecule has 5 nitrogen and oxygen atoms in total. The van der Waals surface area contributed by atoms with Crippen molar-refractivity contribution in [3.8, 4) is 0 Å². The van der Waals surface area contributed by atoms with E-state index < -0.39 is 0 Å². The minimum atomic E-state index is 0.0404. The molecule has 1 aliphatic rings. The number of pyridine rings is 1. The summed E-state index contributed by atoms with van der Waals surface area (Å²) in [4.78, 5) is 13.4. The Morgan fingerprint density at radius 3 is 3.10 bits per heavy atom. The van der Waals surface area contributed by atoms with Gasteiger partial charge in [-0.05, 0) is 12.1 Å². The summed E-state index contributed by atoms with van der Waals surface area (Å²) in [5.41, 5.74) is 1.00. The second-order valence-electron chi connectivity index (χ2n) is 5.34. The molecule has 0 saturated carbocycles. The highest BCUT2D eigenvalue weighted by molar-refractivity contribution is 7.09. The normalized spacial score (nSPS) is 19.6. The molecule has 0 unspecified atom stereocenters. The first-order valence-electron chi connectivity index (χ1n) is 7.09. The molecule has 0 N–H and O–H groups in total. The van der Waals surface area contributed by atoms with E-state index in [2.05, 4.69) is 14.9 Å². The van der Waals surface area contributed by atoms with Crippen LogP contribution in [-0.2, 0) is 11.3 Å². The molecule has 0 radical (unpaired) electrons. The lowest BCUT2D eigenvalue weighted by atomic mass is 10.2. The molecule has 2 aromatic rings. The summed E-state index contributed by atoms with van der Waals surface area (Å²) >= 11 is 1.70. The van der Waals surface area contributed by atoms with E-state index in [0.717, 1.165) is 42.8 Å². The Balaban J connectivity index is 1.69. The molecule has 3 heterocycles. The van der Waals surface area contributed by atoms with Gasteiger partial charge < -0.3 is 9.64 Å². The molecule has 1 saturated heterocycles. The lowest BCUT2D eigenvalue weighted by Gasteiger charge is -2.32. The van der Waals surface area contributed by atoms with Crippen molar-refractivity contribution in [2.45, 2.75) is 12.6 Å². The summed E-state index contributed by atoms with van der Waals surface area (Å²) in [5.74, 6) is 0.966. The molecule has 21 heavy (non-hydrogen) atoms. The summed E-state index contributed by atoms with van der Waals surface area (Å²) in [6, 6.07) is 6.10. The first-order valence-corrected chi connectivity index (χ1v) is 7.97. The monoisotopic (exact) mass is 304 g/mol. The van der Waals surface area contributed by atoms with Crippen LogP contribution in [0.2, 0.25) is 0 Å². The van der Waals surface area contributed by atoms with Gasteiger partial charge in [-0.15, -0.1) is 11.3 Å². The van der Waals surface area contributed by atoms with E-state index in [-0.39, 0.29) is 6.10 Å². The van der Waals surface area contributed by atoms with Crippen LogP contribution in [-0.4, -0.2) is 48.7 Å². The molecule has 3 rings (SSSR count). The predicted molar refractivity (Wildman–Crippen MR) is 84.6 cm³/mol. The maximum atomic E-state index is 5.91. The maximum Gasteiger partial charge on any atom is 0.128 e. The topological polar surface area (TPSA) is 41.5 Å². The summed E-state index contributed by atoms with van der Waals surface area (Å²) in [6.07, 6.45) is 1.90. The molecule has 0 amide bonds. The van der Waals surface area contributed by atoms with Crippen LogP contribution in [0.15, 0.2) is 29.8 Å². The lowest BCUT2D eigenvalue weighted by molar-refractivity contribution is -0.0349. The SMILES string of the molecule is CN(C)c1cccc([C@@H]2CN(Cc3nccs3)CCO2)n1. The van der Waals surface area contributed by atoms with Crippen molar-refractivity contribution in [3.05, 3.63) is 40.5 Å². The van der Waals surface area contributed by atoms with E-state index >= 15 is 0 Å². The van der Waals surface area contributed by atoms with Crippen molar-refractivity contribution < 1.29 is 4.74 Å². The number of hydrogen-bond donors (Lipinski definition) is 0. The average molecular weight is 304 g/mol. The van der Waals surface area contributed by atoms with Gasteiger partial charge in [-0.2, -0.15) is 0 Å². The Hall–Kier alpha value is -1.50. The number of rotatable bonds is 4.